The molecule has 174 valence electrons. The summed E-state index contributed by atoms with van der Waals surface area (Å²) >= 11 is 0. The highest BCUT2D eigenvalue weighted by Crippen LogP contribution is 2.28. The number of H-pyrrole nitrogens is 1. The van der Waals surface area contributed by atoms with E-state index >= 15 is 0 Å². The van der Waals surface area contributed by atoms with E-state index < -0.39 is 0 Å². The van der Waals surface area contributed by atoms with Gasteiger partial charge >= 0.3 is 0 Å². The van der Waals surface area contributed by atoms with Gasteiger partial charge in [0.2, 0.25) is 11.9 Å². The zero-order valence-corrected chi connectivity index (χ0v) is 18.8. The lowest BCUT2D eigenvalue weighted by Gasteiger charge is -2.11. The Morgan fingerprint density at radius 1 is 1.18 bits per heavy atom. The Balaban J connectivity index is 1.47. The summed E-state index contributed by atoms with van der Waals surface area (Å²) in [6.07, 6.45) is 3.97. The second kappa shape index (κ2) is 8.89. The Labute approximate surface area is 194 Å². The maximum absolute atomic E-state index is 12.9. The van der Waals surface area contributed by atoms with Gasteiger partial charge in [0.25, 0.3) is 5.56 Å². The van der Waals surface area contributed by atoms with Crippen LogP contribution in [0.3, 0.4) is 0 Å². The van der Waals surface area contributed by atoms with E-state index in [1.165, 1.54) is 4.68 Å². The van der Waals surface area contributed by atoms with Gasteiger partial charge in [-0.05, 0) is 49.1 Å². The lowest BCUT2D eigenvalue weighted by Crippen LogP contribution is -2.21. The van der Waals surface area contributed by atoms with Crippen LogP contribution in [-0.2, 0) is 24.1 Å². The first-order valence-electron chi connectivity index (χ1n) is 10.8. The number of aryl methyl sites for hydroxylation is 1. The van der Waals surface area contributed by atoms with Gasteiger partial charge in [-0.3, -0.25) is 14.6 Å². The Hall–Kier alpha value is -4.34. The van der Waals surface area contributed by atoms with Gasteiger partial charge < -0.3 is 19.2 Å². The van der Waals surface area contributed by atoms with Gasteiger partial charge in [0.05, 0.1) is 32.6 Å². The molecule has 2 N–H and O–H groups in total. The van der Waals surface area contributed by atoms with Crippen LogP contribution in [0.25, 0.3) is 17.4 Å². The number of nitrogens with zero attached hydrogens (tertiary/aromatic N) is 3. The number of hydrogen-bond acceptors (Lipinski definition) is 7. The summed E-state index contributed by atoms with van der Waals surface area (Å²) in [5.74, 6) is 1.97. The van der Waals surface area contributed by atoms with Gasteiger partial charge in [0.1, 0.15) is 11.5 Å². The number of hydrogen-bond donors (Lipinski definition) is 2. The molecule has 4 aromatic rings. The molecule has 0 atom stereocenters. The Kier molecular flexibility index (Phi) is 5.62. The normalized spacial score (nSPS) is 12.4. The third kappa shape index (κ3) is 4.05. The minimum atomic E-state index is -0.275. The minimum absolute atomic E-state index is 0.0930. The number of aromatic nitrogens is 4. The van der Waals surface area contributed by atoms with Crippen molar-refractivity contribution in [2.75, 3.05) is 19.5 Å². The Morgan fingerprint density at radius 3 is 2.79 bits per heavy atom. The lowest BCUT2D eigenvalue weighted by atomic mass is 10.1. The third-order valence-electron chi connectivity index (χ3n) is 5.69. The summed E-state index contributed by atoms with van der Waals surface area (Å²) in [5.41, 5.74) is 2.53. The average molecular weight is 461 g/mol. The SMILES string of the molecule is COc1ccc(CC(=O)Nc2cc(-c3ccco3)nn2-c2nc3c(c(=O)[nH]2)CCC3)cc1OC. The number of amides is 1. The summed E-state index contributed by atoms with van der Waals surface area (Å²) in [6.45, 7) is 0. The first kappa shape index (κ1) is 21.5. The molecule has 0 aliphatic heterocycles. The van der Waals surface area contributed by atoms with Crippen LogP contribution in [0.5, 0.6) is 11.5 Å². The molecule has 0 unspecified atom stereocenters. The fourth-order valence-corrected chi connectivity index (χ4v) is 4.07. The van der Waals surface area contributed by atoms with Crippen molar-refractivity contribution in [1.82, 2.24) is 19.7 Å². The maximum Gasteiger partial charge on any atom is 0.255 e. The van der Waals surface area contributed by atoms with Crippen molar-refractivity contribution in [3.63, 3.8) is 0 Å². The number of anilines is 1. The zero-order valence-electron chi connectivity index (χ0n) is 18.8. The highest BCUT2D eigenvalue weighted by molar-refractivity contribution is 5.92. The zero-order chi connectivity index (χ0) is 23.7. The van der Waals surface area contributed by atoms with Crippen molar-refractivity contribution in [2.45, 2.75) is 25.7 Å². The molecule has 1 aromatic carbocycles. The van der Waals surface area contributed by atoms with E-state index in [1.54, 1.807) is 56.9 Å². The summed E-state index contributed by atoms with van der Waals surface area (Å²) in [4.78, 5) is 32.9. The molecule has 0 saturated carbocycles. The number of nitrogens with one attached hydrogen (secondary N) is 2. The van der Waals surface area contributed by atoms with Crippen LogP contribution in [0.15, 0.2) is 51.9 Å². The molecular weight excluding hydrogens is 438 g/mol. The highest BCUT2D eigenvalue weighted by atomic mass is 16.5. The van der Waals surface area contributed by atoms with Crippen LogP contribution in [0.1, 0.15) is 23.2 Å². The molecule has 3 heterocycles. The van der Waals surface area contributed by atoms with Crippen LogP contribution in [0.2, 0.25) is 0 Å². The molecule has 10 heteroatoms. The largest absolute Gasteiger partial charge is 0.493 e. The first-order valence-corrected chi connectivity index (χ1v) is 10.8. The molecule has 0 fully saturated rings. The first-order chi connectivity index (χ1) is 16.6. The predicted molar refractivity (Wildman–Crippen MR) is 124 cm³/mol. The number of rotatable bonds is 7. The van der Waals surface area contributed by atoms with Gasteiger partial charge in [0, 0.05) is 11.6 Å². The molecule has 34 heavy (non-hydrogen) atoms. The van der Waals surface area contributed by atoms with Crippen molar-refractivity contribution in [3.8, 4) is 28.9 Å². The number of fused-ring (bicyclic) bond motifs is 1. The number of ether oxygens (including phenoxy) is 2. The third-order valence-corrected chi connectivity index (χ3v) is 5.69. The van der Waals surface area contributed by atoms with E-state index in [4.69, 9.17) is 13.9 Å². The molecule has 3 aromatic heterocycles. The molecular formula is C24H23N5O5. The van der Waals surface area contributed by atoms with Crippen molar-refractivity contribution in [2.24, 2.45) is 0 Å². The van der Waals surface area contributed by atoms with Crippen molar-refractivity contribution in [1.29, 1.82) is 0 Å². The number of carbonyl (C=O) groups excluding carboxylic acids is 1. The molecule has 1 aliphatic rings. The molecule has 0 bridgehead atoms. The molecule has 0 spiro atoms. The van der Waals surface area contributed by atoms with E-state index in [1.807, 2.05) is 0 Å². The second-order valence-corrected chi connectivity index (χ2v) is 7.89. The van der Waals surface area contributed by atoms with E-state index in [-0.39, 0.29) is 23.8 Å². The van der Waals surface area contributed by atoms with Gasteiger partial charge in [0.15, 0.2) is 17.3 Å². The molecule has 0 radical (unpaired) electrons. The molecule has 10 nitrogen and oxygen atoms in total. The number of furan rings is 1. The second-order valence-electron chi connectivity index (χ2n) is 7.89. The van der Waals surface area contributed by atoms with E-state index in [0.717, 1.165) is 24.1 Å². The fourth-order valence-electron chi connectivity index (χ4n) is 4.07. The van der Waals surface area contributed by atoms with E-state index in [2.05, 4.69) is 20.4 Å². The summed E-state index contributed by atoms with van der Waals surface area (Å²) < 4.78 is 17.5. The lowest BCUT2D eigenvalue weighted by molar-refractivity contribution is -0.115. The van der Waals surface area contributed by atoms with Gasteiger partial charge in [-0.1, -0.05) is 6.07 Å². The fraction of sp³-hybridized carbons (Fsp3) is 0.250. The van der Waals surface area contributed by atoms with Crippen LogP contribution >= 0.6 is 0 Å². The van der Waals surface area contributed by atoms with E-state index in [0.29, 0.717) is 40.8 Å². The molecule has 5 rings (SSSR count). The van der Waals surface area contributed by atoms with Gasteiger partial charge in [-0.25, -0.2) is 4.98 Å². The van der Waals surface area contributed by atoms with Gasteiger partial charge in [-0.2, -0.15) is 9.78 Å². The number of methoxy groups -OCH3 is 2. The standard InChI is InChI=1S/C24H23N5O5/c1-32-19-9-8-14(11-20(19)33-2)12-22(30)26-21-13-17(18-7-4-10-34-18)28-29(21)24-25-16-6-3-5-15(16)23(31)27-24/h4,7-11,13H,3,5-6,12H2,1-2H3,(H,26,30)(H,25,27,31). The van der Waals surface area contributed by atoms with Crippen molar-refractivity contribution in [3.05, 3.63) is 69.8 Å². The van der Waals surface area contributed by atoms with Crippen LogP contribution in [0, 0.1) is 0 Å². The molecule has 0 saturated heterocycles. The monoisotopic (exact) mass is 461 g/mol. The highest BCUT2D eigenvalue weighted by Gasteiger charge is 2.21. The van der Waals surface area contributed by atoms with Crippen LogP contribution in [0.4, 0.5) is 5.82 Å². The van der Waals surface area contributed by atoms with Crippen molar-refractivity contribution < 1.29 is 18.7 Å². The minimum Gasteiger partial charge on any atom is -0.493 e. The van der Waals surface area contributed by atoms with Crippen molar-refractivity contribution >= 4 is 11.7 Å². The summed E-state index contributed by atoms with van der Waals surface area (Å²) in [7, 11) is 3.10. The Bertz CT molecular complexity index is 1400. The van der Waals surface area contributed by atoms with Crippen LogP contribution < -0.4 is 20.3 Å². The van der Waals surface area contributed by atoms with Crippen LogP contribution in [-0.4, -0.2) is 39.9 Å². The summed E-state index contributed by atoms with van der Waals surface area (Å²) in [6, 6.07) is 10.5. The Morgan fingerprint density at radius 2 is 2.03 bits per heavy atom. The number of aromatic amines is 1. The topological polar surface area (TPSA) is 124 Å². The van der Waals surface area contributed by atoms with E-state index in [9.17, 15) is 9.59 Å². The quantitative estimate of drug-likeness (QED) is 0.434. The molecule has 1 amide bonds. The van der Waals surface area contributed by atoms with Gasteiger partial charge in [-0.15, -0.1) is 0 Å². The smallest absolute Gasteiger partial charge is 0.255 e. The average Bonchev–Trinajstić information content (AvgIpc) is 3.59. The number of benzene rings is 1. The summed E-state index contributed by atoms with van der Waals surface area (Å²) in [5, 5.41) is 7.42. The maximum atomic E-state index is 12.9. The predicted octanol–water partition coefficient (Wildman–Crippen LogP) is 2.90. The number of carbonyl (C=O) groups is 1. The molecule has 1 aliphatic carbocycles.